The third-order valence-corrected chi connectivity index (χ3v) is 6.87. The first-order chi connectivity index (χ1) is 18.4. The molecule has 1 aliphatic heterocycles. The van der Waals surface area contributed by atoms with Crippen molar-refractivity contribution < 1.29 is 14.3 Å². The van der Waals surface area contributed by atoms with Crippen molar-refractivity contribution >= 4 is 28.7 Å². The first-order valence-electron chi connectivity index (χ1n) is 13.1. The minimum atomic E-state index is -0.281. The van der Waals surface area contributed by atoms with Gasteiger partial charge in [0.25, 0.3) is 0 Å². The zero-order valence-corrected chi connectivity index (χ0v) is 22.1. The molecule has 10 nitrogen and oxygen atoms in total. The number of fused-ring (bicyclic) bond motifs is 1. The van der Waals surface area contributed by atoms with Gasteiger partial charge in [-0.2, -0.15) is 0 Å². The van der Waals surface area contributed by atoms with Gasteiger partial charge >= 0.3 is 0 Å². The molecule has 0 bridgehead atoms. The maximum Gasteiger partial charge on any atom is 0.224 e. The van der Waals surface area contributed by atoms with E-state index in [2.05, 4.69) is 15.5 Å². The van der Waals surface area contributed by atoms with Gasteiger partial charge in [-0.1, -0.05) is 24.3 Å². The molecule has 2 amide bonds. The summed E-state index contributed by atoms with van der Waals surface area (Å²) in [5.74, 6) is -0.0229. The Kier molecular flexibility index (Phi) is 9.09. The number of likely N-dealkylation sites (N-methyl/N-ethyl adjacent to an activating group) is 1. The van der Waals surface area contributed by atoms with Crippen LogP contribution in [0.1, 0.15) is 24.5 Å². The quantitative estimate of drug-likeness (QED) is 0.344. The van der Waals surface area contributed by atoms with Crippen molar-refractivity contribution in [1.82, 2.24) is 25.1 Å². The monoisotopic (exact) mass is 520 g/mol. The van der Waals surface area contributed by atoms with Gasteiger partial charge in [0.15, 0.2) is 5.43 Å². The number of amides is 2. The van der Waals surface area contributed by atoms with Crippen molar-refractivity contribution in [2.75, 3.05) is 52.2 Å². The standard InChI is InChI=1S/C28H36N6O4/c1-3-34-27(29)22(18-24(35)30-2)26(37)21-9-10-23(32-28(21)34)20-7-5-19(6-8-20)17-25(36)31-11-4-12-33-13-15-38-16-14-33/h5-10H,3-4,11-18,29H2,1-2H3,(H,30,35)(H,31,36). The molecule has 1 aliphatic rings. The van der Waals surface area contributed by atoms with E-state index < -0.39 is 0 Å². The molecule has 0 radical (unpaired) electrons. The summed E-state index contributed by atoms with van der Waals surface area (Å²) >= 11 is 0. The van der Waals surface area contributed by atoms with Crippen molar-refractivity contribution in [3.05, 3.63) is 57.7 Å². The van der Waals surface area contributed by atoms with Crippen LogP contribution in [0.25, 0.3) is 22.3 Å². The topological polar surface area (TPSA) is 132 Å². The molecule has 3 heterocycles. The number of aromatic nitrogens is 2. The van der Waals surface area contributed by atoms with Crippen LogP contribution in [0.2, 0.25) is 0 Å². The number of aryl methyl sites for hydroxylation is 1. The van der Waals surface area contributed by atoms with E-state index in [1.807, 2.05) is 31.2 Å². The number of carbonyl (C=O) groups excluding carboxylic acids is 2. The molecule has 4 rings (SSSR count). The Morgan fingerprint density at radius 1 is 1.05 bits per heavy atom. The second-order valence-electron chi connectivity index (χ2n) is 9.39. The second-order valence-corrected chi connectivity index (χ2v) is 9.39. The number of nitrogens with one attached hydrogen (secondary N) is 2. The summed E-state index contributed by atoms with van der Waals surface area (Å²) < 4.78 is 7.12. The first-order valence-corrected chi connectivity index (χ1v) is 13.1. The molecule has 2 aromatic heterocycles. The van der Waals surface area contributed by atoms with Gasteiger partial charge in [0.05, 0.1) is 37.1 Å². The summed E-state index contributed by atoms with van der Waals surface area (Å²) in [6.45, 7) is 7.50. The number of morpholine rings is 1. The third-order valence-electron chi connectivity index (χ3n) is 6.87. The Labute approximate surface area is 222 Å². The van der Waals surface area contributed by atoms with Crippen LogP contribution in [0.4, 0.5) is 5.82 Å². The van der Waals surface area contributed by atoms with Crippen molar-refractivity contribution in [2.45, 2.75) is 32.7 Å². The van der Waals surface area contributed by atoms with Crippen LogP contribution >= 0.6 is 0 Å². The summed E-state index contributed by atoms with van der Waals surface area (Å²) in [7, 11) is 1.53. The van der Waals surface area contributed by atoms with Crippen LogP contribution in [0, 0.1) is 0 Å². The van der Waals surface area contributed by atoms with Gasteiger partial charge in [-0.25, -0.2) is 4.98 Å². The molecular formula is C28H36N6O4. The highest BCUT2D eigenvalue weighted by atomic mass is 16.5. The summed E-state index contributed by atoms with van der Waals surface area (Å²) in [6, 6.07) is 11.2. The molecule has 0 aliphatic carbocycles. The number of rotatable bonds is 10. The van der Waals surface area contributed by atoms with Crippen LogP contribution in [0.3, 0.4) is 0 Å². The molecule has 10 heteroatoms. The Morgan fingerprint density at radius 2 is 1.79 bits per heavy atom. The summed E-state index contributed by atoms with van der Waals surface area (Å²) in [5.41, 5.74) is 9.24. The summed E-state index contributed by atoms with van der Waals surface area (Å²) in [6.07, 6.45) is 1.14. The van der Waals surface area contributed by atoms with Crippen LogP contribution in [0.15, 0.2) is 41.2 Å². The van der Waals surface area contributed by atoms with Gasteiger partial charge < -0.3 is 25.7 Å². The number of nitrogen functional groups attached to an aromatic ring is 1. The van der Waals surface area contributed by atoms with E-state index in [1.165, 1.54) is 7.05 Å². The normalized spacial score (nSPS) is 13.9. The lowest BCUT2D eigenvalue weighted by Crippen LogP contribution is -2.38. The Bertz CT molecular complexity index is 1350. The maximum atomic E-state index is 13.1. The van der Waals surface area contributed by atoms with E-state index in [-0.39, 0.29) is 35.0 Å². The lowest BCUT2D eigenvalue weighted by atomic mass is 10.0. The highest BCUT2D eigenvalue weighted by Gasteiger charge is 2.18. The smallest absolute Gasteiger partial charge is 0.224 e. The number of nitrogens with zero attached hydrogens (tertiary/aromatic N) is 3. The molecule has 38 heavy (non-hydrogen) atoms. The molecule has 1 fully saturated rings. The largest absolute Gasteiger partial charge is 0.385 e. The van der Waals surface area contributed by atoms with Crippen molar-refractivity contribution in [3.8, 4) is 11.3 Å². The highest BCUT2D eigenvalue weighted by Crippen LogP contribution is 2.23. The number of benzene rings is 1. The fourth-order valence-corrected chi connectivity index (χ4v) is 4.68. The van der Waals surface area contributed by atoms with E-state index in [0.717, 1.165) is 50.4 Å². The third kappa shape index (κ3) is 6.38. The Morgan fingerprint density at radius 3 is 2.47 bits per heavy atom. The highest BCUT2D eigenvalue weighted by molar-refractivity contribution is 5.85. The molecule has 1 aromatic carbocycles. The Balaban J connectivity index is 1.43. The van der Waals surface area contributed by atoms with Crippen molar-refractivity contribution in [3.63, 3.8) is 0 Å². The molecule has 0 unspecified atom stereocenters. The number of nitrogens with two attached hydrogens (primary N) is 1. The first kappa shape index (κ1) is 27.3. The van der Waals surface area contributed by atoms with E-state index in [1.54, 1.807) is 16.7 Å². The zero-order chi connectivity index (χ0) is 27.1. The molecule has 0 spiro atoms. The summed E-state index contributed by atoms with van der Waals surface area (Å²) in [4.78, 5) is 44.5. The van der Waals surface area contributed by atoms with Gasteiger partial charge in [0.1, 0.15) is 11.5 Å². The number of pyridine rings is 2. The fraction of sp³-hybridized carbons (Fsp3) is 0.429. The van der Waals surface area contributed by atoms with Crippen LogP contribution < -0.4 is 21.8 Å². The number of ether oxygens (including phenoxy) is 1. The average molecular weight is 521 g/mol. The van der Waals surface area contributed by atoms with E-state index in [9.17, 15) is 14.4 Å². The minimum absolute atomic E-state index is 0.00134. The lowest BCUT2D eigenvalue weighted by molar-refractivity contribution is -0.121. The van der Waals surface area contributed by atoms with Gasteiger partial charge in [0.2, 0.25) is 11.8 Å². The molecule has 3 aromatic rings. The van der Waals surface area contributed by atoms with Crippen LogP contribution in [0.5, 0.6) is 0 Å². The SMILES string of the molecule is CCn1c(N)c(CC(=O)NC)c(=O)c2ccc(-c3ccc(CC(=O)NCCCN4CCOCC4)cc3)nc21. The predicted octanol–water partition coefficient (Wildman–Crippen LogP) is 1.34. The number of hydrogen-bond donors (Lipinski definition) is 3. The number of anilines is 1. The minimum Gasteiger partial charge on any atom is -0.385 e. The van der Waals surface area contributed by atoms with E-state index in [4.69, 9.17) is 15.5 Å². The molecule has 0 saturated carbocycles. The average Bonchev–Trinajstić information content (AvgIpc) is 2.94. The zero-order valence-electron chi connectivity index (χ0n) is 22.1. The number of hydrogen-bond acceptors (Lipinski definition) is 7. The summed E-state index contributed by atoms with van der Waals surface area (Å²) in [5, 5.41) is 5.96. The van der Waals surface area contributed by atoms with Gasteiger partial charge in [-0.05, 0) is 37.6 Å². The van der Waals surface area contributed by atoms with Gasteiger partial charge in [-0.3, -0.25) is 19.3 Å². The van der Waals surface area contributed by atoms with Gasteiger partial charge in [0, 0.05) is 44.4 Å². The molecule has 1 saturated heterocycles. The van der Waals surface area contributed by atoms with Crippen LogP contribution in [-0.2, 0) is 33.7 Å². The van der Waals surface area contributed by atoms with Crippen molar-refractivity contribution in [1.29, 1.82) is 0 Å². The Hall–Kier alpha value is -3.76. The van der Waals surface area contributed by atoms with Crippen molar-refractivity contribution in [2.24, 2.45) is 0 Å². The maximum absolute atomic E-state index is 13.1. The molecule has 4 N–H and O–H groups in total. The van der Waals surface area contributed by atoms with Gasteiger partial charge in [-0.15, -0.1) is 0 Å². The fourth-order valence-electron chi connectivity index (χ4n) is 4.68. The second kappa shape index (κ2) is 12.7. The lowest BCUT2D eigenvalue weighted by Gasteiger charge is -2.26. The predicted molar refractivity (Wildman–Crippen MR) is 148 cm³/mol. The number of carbonyl (C=O) groups is 2. The van der Waals surface area contributed by atoms with E-state index >= 15 is 0 Å². The van der Waals surface area contributed by atoms with E-state index in [0.29, 0.717) is 36.2 Å². The molecular weight excluding hydrogens is 484 g/mol. The molecule has 0 atom stereocenters. The molecule has 202 valence electrons. The van der Waals surface area contributed by atoms with Crippen LogP contribution in [-0.4, -0.2) is 72.7 Å².